The summed E-state index contributed by atoms with van der Waals surface area (Å²) in [6.45, 7) is 4.48. The van der Waals surface area contributed by atoms with E-state index in [4.69, 9.17) is 5.73 Å². The maximum atomic E-state index is 5.92. The first-order valence-corrected chi connectivity index (χ1v) is 9.10. The molecule has 2 aromatic heterocycles. The first-order chi connectivity index (χ1) is 11.7. The van der Waals surface area contributed by atoms with Crippen LogP contribution in [0.1, 0.15) is 17.1 Å². The van der Waals surface area contributed by atoms with Crippen molar-refractivity contribution in [2.45, 2.75) is 26.3 Å². The Kier molecular flexibility index (Phi) is 5.48. The highest BCUT2D eigenvalue weighted by Gasteiger charge is 2.05. The van der Waals surface area contributed by atoms with Crippen molar-refractivity contribution in [1.82, 2.24) is 14.9 Å². The molecule has 0 bridgehead atoms. The Labute approximate surface area is 146 Å². The fourth-order valence-electron chi connectivity index (χ4n) is 2.73. The number of nitrogens with one attached hydrogen (secondary N) is 1. The van der Waals surface area contributed by atoms with Crippen molar-refractivity contribution in [1.29, 1.82) is 0 Å². The average molecular weight is 341 g/mol. The van der Waals surface area contributed by atoms with Crippen LogP contribution in [0.25, 0.3) is 11.0 Å². The van der Waals surface area contributed by atoms with E-state index >= 15 is 0 Å². The lowest BCUT2D eigenvalue weighted by Gasteiger charge is -2.07. The molecule has 0 unspecified atom stereocenters. The highest BCUT2D eigenvalue weighted by atomic mass is 32.1. The smallest absolute Gasteiger partial charge is 0.188 e. The Morgan fingerprint density at radius 2 is 2.17 bits per heavy atom. The summed E-state index contributed by atoms with van der Waals surface area (Å²) in [5.74, 6) is 1.57. The van der Waals surface area contributed by atoms with E-state index in [1.54, 1.807) is 11.3 Å². The zero-order chi connectivity index (χ0) is 16.8. The van der Waals surface area contributed by atoms with Crippen LogP contribution in [0, 0.1) is 6.92 Å². The third-order valence-corrected chi connectivity index (χ3v) is 4.86. The van der Waals surface area contributed by atoms with Crippen LogP contribution in [0.2, 0.25) is 0 Å². The third-order valence-electron chi connectivity index (χ3n) is 3.93. The number of aryl methyl sites for hydroxylation is 2. The Bertz CT molecular complexity index is 804. The van der Waals surface area contributed by atoms with E-state index in [1.807, 2.05) is 25.1 Å². The predicted molar refractivity (Wildman–Crippen MR) is 102 cm³/mol. The highest BCUT2D eigenvalue weighted by molar-refractivity contribution is 7.09. The molecule has 2 heterocycles. The summed E-state index contributed by atoms with van der Waals surface area (Å²) in [6, 6.07) is 12.4. The fourth-order valence-corrected chi connectivity index (χ4v) is 3.44. The molecule has 3 aromatic rings. The molecule has 0 aliphatic heterocycles. The van der Waals surface area contributed by atoms with E-state index in [0.717, 1.165) is 37.3 Å². The summed E-state index contributed by atoms with van der Waals surface area (Å²) < 4.78 is 2.24. The van der Waals surface area contributed by atoms with Gasteiger partial charge in [-0.15, -0.1) is 11.3 Å². The summed E-state index contributed by atoms with van der Waals surface area (Å²) in [4.78, 5) is 10.3. The van der Waals surface area contributed by atoms with Crippen molar-refractivity contribution < 1.29 is 0 Å². The molecule has 0 aliphatic carbocycles. The summed E-state index contributed by atoms with van der Waals surface area (Å²) in [5.41, 5.74) is 8.15. The highest BCUT2D eigenvalue weighted by Crippen LogP contribution is 2.15. The summed E-state index contributed by atoms with van der Waals surface area (Å²) in [7, 11) is 0. The van der Waals surface area contributed by atoms with Crippen LogP contribution < -0.4 is 11.1 Å². The molecule has 6 heteroatoms. The van der Waals surface area contributed by atoms with Crippen LogP contribution in [0.5, 0.6) is 0 Å². The van der Waals surface area contributed by atoms with Crippen molar-refractivity contribution in [3.63, 3.8) is 0 Å². The van der Waals surface area contributed by atoms with Crippen LogP contribution in [0.4, 0.5) is 0 Å². The molecule has 24 heavy (non-hydrogen) atoms. The van der Waals surface area contributed by atoms with E-state index in [-0.39, 0.29) is 0 Å². The maximum absolute atomic E-state index is 5.92. The number of imidazole rings is 1. The fraction of sp³-hybridized carbons (Fsp3) is 0.333. The molecule has 126 valence electrons. The molecule has 0 fully saturated rings. The summed E-state index contributed by atoms with van der Waals surface area (Å²) >= 11 is 1.77. The molecule has 0 saturated carbocycles. The van der Waals surface area contributed by atoms with Gasteiger partial charge in [-0.25, -0.2) is 4.98 Å². The van der Waals surface area contributed by atoms with E-state index in [1.165, 1.54) is 10.4 Å². The minimum atomic E-state index is 0.527. The van der Waals surface area contributed by atoms with Gasteiger partial charge in [0.2, 0.25) is 0 Å². The van der Waals surface area contributed by atoms with Crippen LogP contribution >= 0.6 is 11.3 Å². The number of hydrogen-bond donors (Lipinski definition) is 2. The van der Waals surface area contributed by atoms with Gasteiger partial charge in [-0.2, -0.15) is 0 Å². The monoisotopic (exact) mass is 341 g/mol. The predicted octanol–water partition coefficient (Wildman–Crippen LogP) is 2.94. The molecule has 1 aromatic carbocycles. The second-order valence-electron chi connectivity index (χ2n) is 5.68. The second-order valence-corrected chi connectivity index (χ2v) is 6.71. The number of benzene rings is 1. The molecule has 0 radical (unpaired) electrons. The number of guanidine groups is 1. The summed E-state index contributed by atoms with van der Waals surface area (Å²) in [6.07, 6.45) is 1.92. The quantitative estimate of drug-likeness (QED) is 0.394. The van der Waals surface area contributed by atoms with Gasteiger partial charge in [0.1, 0.15) is 5.82 Å². The van der Waals surface area contributed by atoms with Gasteiger partial charge in [-0.05, 0) is 43.3 Å². The van der Waals surface area contributed by atoms with Crippen molar-refractivity contribution >= 4 is 28.3 Å². The molecule has 5 nitrogen and oxygen atoms in total. The van der Waals surface area contributed by atoms with Crippen molar-refractivity contribution in [2.24, 2.45) is 10.7 Å². The zero-order valence-corrected chi connectivity index (χ0v) is 14.7. The van der Waals surface area contributed by atoms with Crippen LogP contribution in [0.3, 0.4) is 0 Å². The van der Waals surface area contributed by atoms with Crippen molar-refractivity contribution in [3.05, 3.63) is 52.5 Å². The maximum Gasteiger partial charge on any atom is 0.188 e. The number of fused-ring (bicyclic) bond motifs is 1. The first-order valence-electron chi connectivity index (χ1n) is 8.22. The number of aliphatic imine (C=N–C) groups is 1. The Morgan fingerprint density at radius 1 is 1.29 bits per heavy atom. The lowest BCUT2D eigenvalue weighted by molar-refractivity contribution is 0.647. The molecule has 0 saturated heterocycles. The van der Waals surface area contributed by atoms with E-state index < -0.39 is 0 Å². The standard InChI is InChI=1S/C18H23N5S/c1-14-22-16-7-2-3-8-17(16)23(14)12-5-10-20-18(19)21-11-9-15-6-4-13-24-15/h2-4,6-8,13H,5,9-12H2,1H3,(H3,19,20,21). The Balaban J connectivity index is 1.44. The van der Waals surface area contributed by atoms with E-state index in [2.05, 4.69) is 43.4 Å². The van der Waals surface area contributed by atoms with Crippen molar-refractivity contribution in [3.8, 4) is 0 Å². The minimum Gasteiger partial charge on any atom is -0.370 e. The second kappa shape index (κ2) is 7.97. The van der Waals surface area contributed by atoms with Crippen LogP contribution in [0.15, 0.2) is 46.8 Å². The van der Waals surface area contributed by atoms with Gasteiger partial charge in [-0.3, -0.25) is 4.99 Å². The topological polar surface area (TPSA) is 68.2 Å². The van der Waals surface area contributed by atoms with Gasteiger partial charge in [0.15, 0.2) is 5.96 Å². The molecule has 0 spiro atoms. The number of para-hydroxylation sites is 2. The number of nitrogens with two attached hydrogens (primary N) is 1. The lowest BCUT2D eigenvalue weighted by Crippen LogP contribution is -2.33. The van der Waals surface area contributed by atoms with Gasteiger partial charge in [0, 0.05) is 24.5 Å². The SMILES string of the molecule is Cc1nc2ccccc2n1CCCN=C(N)NCCc1cccs1. The molecule has 3 rings (SSSR count). The largest absolute Gasteiger partial charge is 0.370 e. The number of thiophene rings is 1. The molecule has 0 atom stereocenters. The van der Waals surface area contributed by atoms with E-state index in [9.17, 15) is 0 Å². The molecule has 3 N–H and O–H groups in total. The third kappa shape index (κ3) is 4.14. The van der Waals surface area contributed by atoms with Crippen LogP contribution in [-0.2, 0) is 13.0 Å². The van der Waals surface area contributed by atoms with E-state index in [0.29, 0.717) is 12.5 Å². The first kappa shape index (κ1) is 16.5. The number of nitrogens with zero attached hydrogens (tertiary/aromatic N) is 3. The minimum absolute atomic E-state index is 0.527. The lowest BCUT2D eigenvalue weighted by atomic mass is 10.3. The Hall–Kier alpha value is -2.34. The van der Waals surface area contributed by atoms with Gasteiger partial charge < -0.3 is 15.6 Å². The van der Waals surface area contributed by atoms with Crippen molar-refractivity contribution in [2.75, 3.05) is 13.1 Å². The Morgan fingerprint density at radius 3 is 3.00 bits per heavy atom. The molecule has 0 amide bonds. The number of rotatable bonds is 7. The van der Waals surface area contributed by atoms with Gasteiger partial charge in [0.25, 0.3) is 0 Å². The number of aromatic nitrogens is 2. The van der Waals surface area contributed by atoms with Crippen LogP contribution in [-0.4, -0.2) is 28.6 Å². The molecule has 0 aliphatic rings. The summed E-state index contributed by atoms with van der Waals surface area (Å²) in [5, 5.41) is 5.26. The number of hydrogen-bond acceptors (Lipinski definition) is 3. The van der Waals surface area contributed by atoms with Gasteiger partial charge in [0.05, 0.1) is 11.0 Å². The molecular formula is C18H23N5S. The van der Waals surface area contributed by atoms with Gasteiger partial charge in [-0.1, -0.05) is 18.2 Å². The van der Waals surface area contributed by atoms with Gasteiger partial charge >= 0.3 is 0 Å². The zero-order valence-electron chi connectivity index (χ0n) is 13.9. The normalized spacial score (nSPS) is 12.0. The molecular weight excluding hydrogens is 318 g/mol. The average Bonchev–Trinajstić information content (AvgIpc) is 3.19.